The Balaban J connectivity index is 1.95. The largest absolute Gasteiger partial charge is 0.495 e. The van der Waals surface area contributed by atoms with Gasteiger partial charge in [-0.15, -0.1) is 0 Å². The van der Waals surface area contributed by atoms with Crippen molar-refractivity contribution in [1.82, 2.24) is 10.0 Å². The predicted molar refractivity (Wildman–Crippen MR) is 141 cm³/mol. The molecule has 0 atom stereocenters. The molecule has 0 amide bonds. The van der Waals surface area contributed by atoms with Crippen LogP contribution in [-0.4, -0.2) is 47.9 Å². The van der Waals surface area contributed by atoms with Crippen molar-refractivity contribution in [2.75, 3.05) is 19.9 Å². The van der Waals surface area contributed by atoms with Crippen LogP contribution >= 0.6 is 35.6 Å². The first-order valence-electron chi connectivity index (χ1n) is 10.2. The fourth-order valence-corrected chi connectivity index (χ4v) is 4.93. The Kier molecular flexibility index (Phi) is 8.91. The summed E-state index contributed by atoms with van der Waals surface area (Å²) in [4.78, 5) is 4.73. The molecule has 0 aliphatic rings. The van der Waals surface area contributed by atoms with Crippen LogP contribution in [0.2, 0.25) is 5.02 Å². The lowest BCUT2D eigenvalue weighted by Crippen LogP contribution is -2.17. The van der Waals surface area contributed by atoms with Gasteiger partial charge in [0.05, 0.1) is 22.7 Å². The number of aromatic nitrogens is 1. The van der Waals surface area contributed by atoms with Gasteiger partial charge in [-0.05, 0) is 54.3 Å². The van der Waals surface area contributed by atoms with E-state index < -0.39 is 10.0 Å². The molecule has 0 aliphatic carbocycles. The number of ether oxygens (including phenoxy) is 1. The number of halogens is 1. The Morgan fingerprint density at radius 3 is 2.47 bits per heavy atom. The molecule has 0 saturated carbocycles. The minimum absolute atomic E-state index is 0.0332. The molecule has 11 heteroatoms. The average molecular weight is 538 g/mol. The molecule has 0 bridgehead atoms. The van der Waals surface area contributed by atoms with Crippen LogP contribution in [0.15, 0.2) is 59.6 Å². The third kappa shape index (κ3) is 6.68. The van der Waals surface area contributed by atoms with Gasteiger partial charge >= 0.3 is 0 Å². The zero-order chi connectivity index (χ0) is 24.9. The van der Waals surface area contributed by atoms with E-state index in [0.717, 1.165) is 45.9 Å². The van der Waals surface area contributed by atoms with Gasteiger partial charge < -0.3 is 4.74 Å². The zero-order valence-corrected chi connectivity index (χ0v) is 21.8. The number of aryl methyl sites for hydroxylation is 1. The number of thioether (sulfide) groups is 1. The van der Waals surface area contributed by atoms with Crippen LogP contribution in [0.4, 0.5) is 0 Å². The number of primary sulfonamides is 1. The van der Waals surface area contributed by atoms with Crippen LogP contribution in [0.1, 0.15) is 12.0 Å². The van der Waals surface area contributed by atoms with E-state index in [-0.39, 0.29) is 4.90 Å². The molecule has 0 spiro atoms. The van der Waals surface area contributed by atoms with Gasteiger partial charge in [0.15, 0.2) is 4.32 Å². The molecule has 0 fully saturated rings. The van der Waals surface area contributed by atoms with Gasteiger partial charge in [-0.1, -0.05) is 53.8 Å². The van der Waals surface area contributed by atoms with Gasteiger partial charge in [0.25, 0.3) is 0 Å². The van der Waals surface area contributed by atoms with Crippen molar-refractivity contribution in [2.45, 2.75) is 17.7 Å². The number of nitrogens with two attached hydrogens (primary N) is 1. The smallest absolute Gasteiger partial charge is 0.238 e. The van der Waals surface area contributed by atoms with Crippen LogP contribution in [0.3, 0.4) is 0 Å². The van der Waals surface area contributed by atoms with Gasteiger partial charge in [-0.3, -0.25) is 10.2 Å². The second kappa shape index (κ2) is 11.5. The van der Waals surface area contributed by atoms with Crippen molar-refractivity contribution in [3.8, 4) is 28.1 Å². The fourth-order valence-electron chi connectivity index (χ4n) is 3.26. The topological polar surface area (TPSA) is 106 Å². The van der Waals surface area contributed by atoms with Crippen LogP contribution in [0, 0.1) is 0 Å². The summed E-state index contributed by atoms with van der Waals surface area (Å²) in [6.45, 7) is 0. The number of hydroxylamine groups is 2. The third-order valence-corrected chi connectivity index (χ3v) is 7.81. The Morgan fingerprint density at radius 1 is 1.21 bits per heavy atom. The molecule has 0 radical (unpaired) electrons. The maximum absolute atomic E-state index is 11.6. The van der Waals surface area contributed by atoms with Crippen molar-refractivity contribution in [3.05, 3.63) is 65.3 Å². The van der Waals surface area contributed by atoms with Gasteiger partial charge in [0.1, 0.15) is 5.75 Å². The maximum Gasteiger partial charge on any atom is 0.238 e. The minimum atomic E-state index is -3.79. The summed E-state index contributed by atoms with van der Waals surface area (Å²) in [5, 5.41) is 16.0. The van der Waals surface area contributed by atoms with E-state index in [9.17, 15) is 13.6 Å². The molecule has 7 nitrogen and oxygen atoms in total. The number of nitrogens with zero attached hydrogens (tertiary/aromatic N) is 2. The molecule has 1 heterocycles. The SMILES string of the molecule is COc1ccc(-c2cc(CCCSC(=S)N(C)O)cnc2-c2ccc(S(N)(=O)=O)cc2)cc1Cl. The summed E-state index contributed by atoms with van der Waals surface area (Å²) in [7, 11) is -0.735. The van der Waals surface area contributed by atoms with Crippen LogP contribution in [-0.2, 0) is 16.4 Å². The summed E-state index contributed by atoms with van der Waals surface area (Å²) >= 11 is 12.9. The molecule has 180 valence electrons. The van der Waals surface area contributed by atoms with E-state index in [0.29, 0.717) is 20.8 Å². The second-order valence-corrected chi connectivity index (χ2v) is 11.1. The number of hydrogen-bond acceptors (Lipinski definition) is 7. The molecule has 3 rings (SSSR count). The van der Waals surface area contributed by atoms with E-state index >= 15 is 0 Å². The summed E-state index contributed by atoms with van der Waals surface area (Å²) < 4.78 is 28.9. The highest BCUT2D eigenvalue weighted by Gasteiger charge is 2.14. The van der Waals surface area contributed by atoms with Crippen molar-refractivity contribution < 1.29 is 18.4 Å². The normalized spacial score (nSPS) is 11.3. The molecule has 34 heavy (non-hydrogen) atoms. The van der Waals surface area contributed by atoms with E-state index in [1.54, 1.807) is 31.5 Å². The summed E-state index contributed by atoms with van der Waals surface area (Å²) in [6, 6.07) is 13.8. The van der Waals surface area contributed by atoms with Gasteiger partial charge in [-0.2, -0.15) is 0 Å². The Bertz CT molecular complexity index is 1280. The Labute approximate surface area is 213 Å². The van der Waals surface area contributed by atoms with Gasteiger partial charge in [0.2, 0.25) is 10.0 Å². The number of pyridine rings is 1. The van der Waals surface area contributed by atoms with E-state index in [2.05, 4.69) is 6.07 Å². The quantitative estimate of drug-likeness (QED) is 0.235. The lowest BCUT2D eigenvalue weighted by Gasteiger charge is -2.14. The van der Waals surface area contributed by atoms with Crippen LogP contribution in [0.5, 0.6) is 5.75 Å². The highest BCUT2D eigenvalue weighted by Crippen LogP contribution is 2.36. The summed E-state index contributed by atoms with van der Waals surface area (Å²) in [6.07, 6.45) is 3.41. The number of thiocarbonyl (C=S) groups is 1. The molecule has 0 unspecified atom stereocenters. The summed E-state index contributed by atoms with van der Waals surface area (Å²) in [5.41, 5.74) is 4.15. The lowest BCUT2D eigenvalue weighted by molar-refractivity contribution is 0.0205. The molecular weight excluding hydrogens is 514 g/mol. The monoisotopic (exact) mass is 537 g/mol. The number of hydrogen-bond donors (Lipinski definition) is 2. The average Bonchev–Trinajstić information content (AvgIpc) is 2.81. The van der Waals surface area contributed by atoms with E-state index in [1.165, 1.54) is 30.9 Å². The second-order valence-electron chi connectivity index (χ2n) is 7.40. The minimum Gasteiger partial charge on any atom is -0.495 e. The van der Waals surface area contributed by atoms with Gasteiger partial charge in [-0.25, -0.2) is 18.6 Å². The molecule has 3 N–H and O–H groups in total. The number of rotatable bonds is 8. The highest BCUT2D eigenvalue weighted by atomic mass is 35.5. The van der Waals surface area contributed by atoms with E-state index in [4.69, 9.17) is 38.7 Å². The van der Waals surface area contributed by atoms with Crippen LogP contribution in [0.25, 0.3) is 22.4 Å². The summed E-state index contributed by atoms with van der Waals surface area (Å²) in [5.74, 6) is 1.32. The molecule has 3 aromatic rings. The molecular formula is C23H24ClN3O4S3. The first kappa shape index (κ1) is 26.4. The Morgan fingerprint density at radius 2 is 1.88 bits per heavy atom. The fraction of sp³-hybridized carbons (Fsp3) is 0.217. The van der Waals surface area contributed by atoms with Crippen LogP contribution < -0.4 is 9.88 Å². The standard InChI is InChI=1S/C23H24ClN3O4S3/c1-27(28)23(32)33-11-3-4-15-12-19(17-7-10-21(31-2)20(24)13-17)22(26-14-15)16-5-8-18(9-6-16)34(25,29)30/h5-10,12-14,28H,3-4,11H2,1-2H3,(H2,25,29,30). The molecule has 0 saturated heterocycles. The van der Waals surface area contributed by atoms with Crippen molar-refractivity contribution >= 4 is 49.9 Å². The zero-order valence-electron chi connectivity index (χ0n) is 18.6. The van der Waals surface area contributed by atoms with Gasteiger partial charge in [0, 0.05) is 30.1 Å². The maximum atomic E-state index is 11.6. The predicted octanol–water partition coefficient (Wildman–Crippen LogP) is 5.00. The molecule has 1 aromatic heterocycles. The molecule has 2 aromatic carbocycles. The van der Waals surface area contributed by atoms with E-state index in [1.807, 2.05) is 12.1 Å². The number of methoxy groups -OCH3 is 1. The lowest BCUT2D eigenvalue weighted by atomic mass is 9.97. The van der Waals surface area contributed by atoms with Crippen molar-refractivity contribution in [3.63, 3.8) is 0 Å². The molecule has 0 aliphatic heterocycles. The number of sulfonamides is 1. The van der Waals surface area contributed by atoms with Crippen molar-refractivity contribution in [1.29, 1.82) is 0 Å². The first-order chi connectivity index (χ1) is 16.1. The van der Waals surface area contributed by atoms with Crippen molar-refractivity contribution in [2.24, 2.45) is 5.14 Å². The Hall–Kier alpha value is -2.21. The first-order valence-corrected chi connectivity index (χ1v) is 13.5. The third-order valence-electron chi connectivity index (χ3n) is 4.96. The number of benzene rings is 2. The highest BCUT2D eigenvalue weighted by molar-refractivity contribution is 8.22.